The lowest BCUT2D eigenvalue weighted by Gasteiger charge is -2.18. The van der Waals surface area contributed by atoms with Crippen molar-refractivity contribution in [1.29, 1.82) is 0 Å². The van der Waals surface area contributed by atoms with E-state index in [1.165, 1.54) is 30.4 Å². The number of nitrogens with one attached hydrogen (secondary N) is 1. The van der Waals surface area contributed by atoms with Crippen molar-refractivity contribution < 1.29 is 23.2 Å². The lowest BCUT2D eigenvalue weighted by Crippen LogP contribution is -2.27. The summed E-state index contributed by atoms with van der Waals surface area (Å²) in [6, 6.07) is 11.1. The van der Waals surface area contributed by atoms with E-state index in [9.17, 15) is 14.0 Å². The Morgan fingerprint density at radius 2 is 2.00 bits per heavy atom. The fourth-order valence-corrected chi connectivity index (χ4v) is 3.52. The van der Waals surface area contributed by atoms with E-state index in [4.69, 9.17) is 9.26 Å². The Morgan fingerprint density at radius 1 is 1.21 bits per heavy atom. The van der Waals surface area contributed by atoms with Crippen molar-refractivity contribution in [1.82, 2.24) is 19.6 Å². The number of nitrogens with zero attached hydrogens (tertiary/aromatic N) is 4. The molecule has 2 heterocycles. The van der Waals surface area contributed by atoms with E-state index in [-0.39, 0.29) is 30.8 Å². The van der Waals surface area contributed by atoms with Crippen molar-refractivity contribution in [3.05, 3.63) is 77.7 Å². The highest BCUT2D eigenvalue weighted by molar-refractivity contribution is 6.07. The third-order valence-electron chi connectivity index (χ3n) is 5.01. The standard InChI is InChI=1S/C23H22FN5O4/c1-28(12-17-7-8-33-27-17)23(31)19-9-18(26-21(30)13-32-2)10-20-22(19)29(14-25-20)11-15-3-5-16(24)6-4-15/h3-10,14H,11-13H2,1-2H3,(H,26,30). The van der Waals surface area contributed by atoms with Gasteiger partial charge in [0, 0.05) is 32.5 Å². The van der Waals surface area contributed by atoms with Gasteiger partial charge in [-0.3, -0.25) is 9.59 Å². The molecule has 0 radical (unpaired) electrons. The SMILES string of the molecule is COCC(=O)Nc1cc(C(=O)N(C)Cc2ccon2)c2c(c1)ncn2Cc1ccc(F)cc1. The number of halogens is 1. The first-order valence-corrected chi connectivity index (χ1v) is 10.1. The smallest absolute Gasteiger partial charge is 0.256 e. The van der Waals surface area contributed by atoms with Crippen LogP contribution in [0.5, 0.6) is 0 Å². The van der Waals surface area contributed by atoms with Gasteiger partial charge in [0.2, 0.25) is 5.91 Å². The molecule has 2 aromatic carbocycles. The number of amides is 2. The zero-order valence-electron chi connectivity index (χ0n) is 18.1. The molecule has 0 unspecified atom stereocenters. The van der Waals surface area contributed by atoms with Gasteiger partial charge in [-0.15, -0.1) is 0 Å². The van der Waals surface area contributed by atoms with E-state index in [1.807, 2.05) is 4.57 Å². The van der Waals surface area contributed by atoms with E-state index < -0.39 is 0 Å². The van der Waals surface area contributed by atoms with Crippen LogP contribution in [0.15, 0.2) is 59.6 Å². The van der Waals surface area contributed by atoms with Gasteiger partial charge in [-0.05, 0) is 29.8 Å². The van der Waals surface area contributed by atoms with E-state index >= 15 is 0 Å². The van der Waals surface area contributed by atoms with Crippen molar-refractivity contribution in [2.75, 3.05) is 26.1 Å². The fourth-order valence-electron chi connectivity index (χ4n) is 3.52. The number of ether oxygens (including phenoxy) is 1. The molecule has 0 aliphatic heterocycles. The van der Waals surface area contributed by atoms with Gasteiger partial charge in [-0.2, -0.15) is 0 Å². The number of hydrogen-bond acceptors (Lipinski definition) is 6. The Kier molecular flexibility index (Phi) is 6.45. The average molecular weight is 451 g/mol. The summed E-state index contributed by atoms with van der Waals surface area (Å²) in [5.74, 6) is -0.959. The van der Waals surface area contributed by atoms with Gasteiger partial charge in [0.05, 0.1) is 29.5 Å². The number of carbonyl (C=O) groups excluding carboxylic acids is 2. The van der Waals surface area contributed by atoms with Crippen LogP contribution in [0.25, 0.3) is 11.0 Å². The van der Waals surface area contributed by atoms with Gasteiger partial charge >= 0.3 is 0 Å². The summed E-state index contributed by atoms with van der Waals surface area (Å²) < 4.78 is 24.8. The van der Waals surface area contributed by atoms with Crippen LogP contribution in [-0.2, 0) is 22.6 Å². The highest BCUT2D eigenvalue weighted by Gasteiger charge is 2.21. The topological polar surface area (TPSA) is 102 Å². The monoisotopic (exact) mass is 451 g/mol. The fraction of sp³-hybridized carbons (Fsp3) is 0.217. The van der Waals surface area contributed by atoms with Crippen LogP contribution < -0.4 is 5.32 Å². The minimum atomic E-state index is -0.350. The first-order chi connectivity index (χ1) is 15.9. The zero-order chi connectivity index (χ0) is 23.4. The predicted octanol–water partition coefficient (Wildman–Crippen LogP) is 3.07. The largest absolute Gasteiger partial charge is 0.375 e. The molecule has 10 heteroatoms. The van der Waals surface area contributed by atoms with E-state index in [0.717, 1.165) is 5.56 Å². The van der Waals surface area contributed by atoms with E-state index in [2.05, 4.69) is 15.5 Å². The quantitative estimate of drug-likeness (QED) is 0.442. The molecule has 0 spiro atoms. The zero-order valence-corrected chi connectivity index (χ0v) is 18.1. The molecule has 9 nitrogen and oxygen atoms in total. The molecule has 170 valence electrons. The molecule has 0 saturated heterocycles. The van der Waals surface area contributed by atoms with Gasteiger partial charge in [-0.25, -0.2) is 9.37 Å². The molecule has 1 N–H and O–H groups in total. The molecule has 0 fully saturated rings. The maximum Gasteiger partial charge on any atom is 0.256 e. The maximum absolute atomic E-state index is 13.4. The highest BCUT2D eigenvalue weighted by atomic mass is 19.1. The second-order valence-corrected chi connectivity index (χ2v) is 7.52. The molecule has 0 saturated carbocycles. The summed E-state index contributed by atoms with van der Waals surface area (Å²) >= 11 is 0. The Bertz CT molecular complexity index is 1270. The molecule has 4 aromatic rings. The number of imidazole rings is 1. The van der Waals surface area contributed by atoms with E-state index in [0.29, 0.717) is 34.5 Å². The normalized spacial score (nSPS) is 11.0. The molecule has 0 bridgehead atoms. The maximum atomic E-state index is 13.4. The lowest BCUT2D eigenvalue weighted by atomic mass is 10.1. The number of aromatic nitrogens is 3. The Balaban J connectivity index is 1.73. The third kappa shape index (κ3) is 5.07. The molecule has 0 aliphatic rings. The summed E-state index contributed by atoms with van der Waals surface area (Å²) in [4.78, 5) is 31.4. The van der Waals surface area contributed by atoms with Gasteiger partial charge < -0.3 is 24.0 Å². The van der Waals surface area contributed by atoms with Crippen molar-refractivity contribution in [2.45, 2.75) is 13.1 Å². The third-order valence-corrected chi connectivity index (χ3v) is 5.01. The summed E-state index contributed by atoms with van der Waals surface area (Å²) in [5, 5.41) is 6.58. The molecular formula is C23H22FN5O4. The molecule has 2 aromatic heterocycles. The molecule has 2 amide bonds. The second kappa shape index (κ2) is 9.61. The lowest BCUT2D eigenvalue weighted by molar-refractivity contribution is -0.119. The number of hydrogen-bond donors (Lipinski definition) is 1. The molecular weight excluding hydrogens is 429 g/mol. The van der Waals surface area contributed by atoms with Crippen molar-refractivity contribution in [3.63, 3.8) is 0 Å². The minimum Gasteiger partial charge on any atom is -0.375 e. The summed E-state index contributed by atoms with van der Waals surface area (Å²) in [7, 11) is 3.08. The van der Waals surface area contributed by atoms with Gasteiger partial charge in [0.1, 0.15) is 24.4 Å². The summed E-state index contributed by atoms with van der Waals surface area (Å²) in [6.07, 6.45) is 3.05. The van der Waals surface area contributed by atoms with Crippen LogP contribution in [-0.4, -0.2) is 52.2 Å². The van der Waals surface area contributed by atoms with Crippen LogP contribution in [0, 0.1) is 5.82 Å². The van der Waals surface area contributed by atoms with Gasteiger partial charge in [0.15, 0.2) is 0 Å². The van der Waals surface area contributed by atoms with Crippen molar-refractivity contribution in [3.8, 4) is 0 Å². The van der Waals surface area contributed by atoms with Gasteiger partial charge in [-0.1, -0.05) is 17.3 Å². The number of carbonyl (C=O) groups is 2. The van der Waals surface area contributed by atoms with Crippen LogP contribution in [0.3, 0.4) is 0 Å². The molecule has 4 rings (SSSR count). The van der Waals surface area contributed by atoms with Gasteiger partial charge in [0.25, 0.3) is 5.91 Å². The van der Waals surface area contributed by atoms with Crippen LogP contribution in [0.4, 0.5) is 10.1 Å². The van der Waals surface area contributed by atoms with Crippen molar-refractivity contribution >= 4 is 28.5 Å². The number of rotatable bonds is 8. The first-order valence-electron chi connectivity index (χ1n) is 10.1. The number of fused-ring (bicyclic) bond motifs is 1. The minimum absolute atomic E-state index is 0.119. The Labute approximate surface area is 188 Å². The average Bonchev–Trinajstić information content (AvgIpc) is 3.44. The highest BCUT2D eigenvalue weighted by Crippen LogP contribution is 2.26. The summed E-state index contributed by atoms with van der Waals surface area (Å²) in [6.45, 7) is 0.509. The Hall–Kier alpha value is -4.05. The van der Waals surface area contributed by atoms with Crippen LogP contribution in [0.2, 0.25) is 0 Å². The Morgan fingerprint density at radius 3 is 2.70 bits per heavy atom. The predicted molar refractivity (Wildman–Crippen MR) is 118 cm³/mol. The number of methoxy groups -OCH3 is 1. The molecule has 0 atom stereocenters. The first kappa shape index (κ1) is 22.2. The molecule has 33 heavy (non-hydrogen) atoms. The summed E-state index contributed by atoms with van der Waals surface area (Å²) in [5.41, 5.74) is 3.36. The second-order valence-electron chi connectivity index (χ2n) is 7.52. The van der Waals surface area contributed by atoms with E-state index in [1.54, 1.807) is 43.7 Å². The van der Waals surface area contributed by atoms with Crippen LogP contribution >= 0.6 is 0 Å². The van der Waals surface area contributed by atoms with Crippen LogP contribution in [0.1, 0.15) is 21.6 Å². The number of anilines is 1. The molecule has 0 aliphatic carbocycles. The van der Waals surface area contributed by atoms with Crippen molar-refractivity contribution in [2.24, 2.45) is 0 Å². The number of benzene rings is 2.